The molecule has 2 aromatic rings. The van der Waals surface area contributed by atoms with Crippen molar-refractivity contribution in [3.63, 3.8) is 0 Å². The molecule has 2 rings (SSSR count). The molecule has 0 amide bonds. The Labute approximate surface area is 245 Å². The second kappa shape index (κ2) is 17.0. The van der Waals surface area contributed by atoms with Crippen molar-refractivity contribution in [2.24, 2.45) is 0 Å². The summed E-state index contributed by atoms with van der Waals surface area (Å²) < 4.78 is 9.09. The van der Waals surface area contributed by atoms with Gasteiger partial charge in [-0.15, -0.1) is 0 Å². The summed E-state index contributed by atoms with van der Waals surface area (Å²) in [5, 5.41) is 37.7. The molecule has 0 bridgehead atoms. The van der Waals surface area contributed by atoms with Crippen LogP contribution in [0.1, 0.15) is 87.8 Å². The van der Waals surface area contributed by atoms with Crippen LogP contribution in [0.25, 0.3) is 0 Å². The van der Waals surface area contributed by atoms with Gasteiger partial charge in [-0.3, -0.25) is 9.59 Å². The summed E-state index contributed by atoms with van der Waals surface area (Å²) in [6.07, 6.45) is 3.44. The Balaban J connectivity index is 0.000000637. The molecule has 228 valence electrons. The second-order valence-corrected chi connectivity index (χ2v) is 11.7. The summed E-state index contributed by atoms with van der Waals surface area (Å²) in [5.41, 5.74) is 4.99. The van der Waals surface area contributed by atoms with Crippen molar-refractivity contribution in [3.8, 4) is 11.5 Å². The number of hydrogen-bond donors (Lipinski definition) is 4. The zero-order valence-electron chi connectivity index (χ0n) is 25.8. The topological polar surface area (TPSA) is 134 Å². The third-order valence-corrected chi connectivity index (χ3v) is 5.87. The predicted molar refractivity (Wildman–Crippen MR) is 162 cm³/mol. The minimum absolute atomic E-state index is 0.0423. The molecule has 8 nitrogen and oxygen atoms in total. The summed E-state index contributed by atoms with van der Waals surface area (Å²) in [6, 6.07) is 7.63. The highest BCUT2D eigenvalue weighted by Crippen LogP contribution is 2.36. The van der Waals surface area contributed by atoms with E-state index < -0.39 is 11.9 Å². The highest BCUT2D eigenvalue weighted by Gasteiger charge is 2.22. The summed E-state index contributed by atoms with van der Waals surface area (Å²) in [4.78, 5) is 21.1. The number of aliphatic carboxylic acids is 2. The average Bonchev–Trinajstić information content (AvgIpc) is 2.84. The van der Waals surface area contributed by atoms with Gasteiger partial charge in [0.25, 0.3) is 0 Å². The van der Waals surface area contributed by atoms with E-state index in [0.717, 1.165) is 33.4 Å². The maximum atomic E-state index is 10.6. The average molecular weight is 573 g/mol. The third-order valence-electron chi connectivity index (χ3n) is 5.87. The van der Waals surface area contributed by atoms with Crippen LogP contribution in [-0.2, 0) is 42.7 Å². The van der Waals surface area contributed by atoms with E-state index in [-0.39, 0.29) is 42.0 Å². The molecule has 0 saturated carbocycles. The van der Waals surface area contributed by atoms with E-state index in [4.69, 9.17) is 10.2 Å². The van der Waals surface area contributed by atoms with E-state index in [9.17, 15) is 19.8 Å². The summed E-state index contributed by atoms with van der Waals surface area (Å²) >= 11 is 0. The van der Waals surface area contributed by atoms with E-state index in [2.05, 4.69) is 22.6 Å². The molecule has 0 spiro atoms. The van der Waals surface area contributed by atoms with Crippen molar-refractivity contribution in [3.05, 3.63) is 83.3 Å². The number of carboxylic acid groups (broad SMARTS) is 2. The molecule has 8 heteroatoms. The monoisotopic (exact) mass is 572 g/mol. The Morgan fingerprint density at radius 2 is 1.02 bits per heavy atom. The fraction of sp³-hybridized carbons (Fsp3) is 0.455. The van der Waals surface area contributed by atoms with Gasteiger partial charge in [0.2, 0.25) is 6.79 Å². The number of phenols is 2. The molecule has 0 aromatic heterocycles. The number of carbonyl (C=O) groups is 2. The minimum atomic E-state index is -0.844. The van der Waals surface area contributed by atoms with Crippen LogP contribution in [-0.4, -0.2) is 39.2 Å². The van der Waals surface area contributed by atoms with Crippen LogP contribution in [0.2, 0.25) is 0 Å². The first kappa shape index (κ1) is 37.1. The Hall–Kier alpha value is -3.94. The van der Waals surface area contributed by atoms with E-state index in [1.54, 1.807) is 0 Å². The highest BCUT2D eigenvalue weighted by molar-refractivity contribution is 5.68. The molecule has 2 aromatic carbocycles. The molecule has 0 aliphatic rings. The zero-order valence-corrected chi connectivity index (χ0v) is 25.8. The molecular formula is C33H48O8. The van der Waals surface area contributed by atoms with Crippen LogP contribution in [0.4, 0.5) is 0 Å². The van der Waals surface area contributed by atoms with E-state index in [0.29, 0.717) is 12.8 Å². The quantitative estimate of drug-likeness (QED) is 0.132. The van der Waals surface area contributed by atoms with Crippen LogP contribution in [0, 0.1) is 13.8 Å². The molecule has 41 heavy (non-hydrogen) atoms. The van der Waals surface area contributed by atoms with E-state index in [1.807, 2.05) is 79.7 Å². The maximum Gasteiger partial charge on any atom is 0.303 e. The first-order valence-electron chi connectivity index (χ1n) is 13.4. The van der Waals surface area contributed by atoms with Crippen molar-refractivity contribution in [2.75, 3.05) is 6.79 Å². The summed E-state index contributed by atoms with van der Waals surface area (Å²) in [5.74, 6) is -1.21. The second-order valence-electron chi connectivity index (χ2n) is 11.7. The number of ether oxygens (including phenoxy) is 2. The number of aromatic hydroxyl groups is 2. The molecule has 0 saturated heterocycles. The van der Waals surface area contributed by atoms with Gasteiger partial charge in [-0.25, -0.2) is 0 Å². The van der Waals surface area contributed by atoms with Crippen LogP contribution in [0.15, 0.2) is 49.9 Å². The maximum absolute atomic E-state index is 10.6. The lowest BCUT2D eigenvalue weighted by Crippen LogP contribution is -2.13. The predicted octanol–water partition coefficient (Wildman–Crippen LogP) is 7.29. The van der Waals surface area contributed by atoms with Gasteiger partial charge in [0.1, 0.15) is 11.5 Å². The molecule has 0 aliphatic carbocycles. The Kier molecular flexibility index (Phi) is 15.4. The minimum Gasteiger partial charge on any atom is -0.507 e. The fourth-order valence-electron chi connectivity index (χ4n) is 3.85. The van der Waals surface area contributed by atoms with Crippen LogP contribution < -0.4 is 0 Å². The lowest BCUT2D eigenvalue weighted by Gasteiger charge is -2.22. The standard InChI is InChI=1S/2C14H20O3.C5H8O2/c2*1-9-7-10(5-6-12(15)16)13(17)11(8-9)14(2,3)4;1-3-6-5-7-4-2/h2*7-8,17H,5-6H2,1-4H3,(H,15,16);3-4H,1-2,5H2. The first-order valence-corrected chi connectivity index (χ1v) is 13.4. The van der Waals surface area contributed by atoms with Crippen LogP contribution in [0.3, 0.4) is 0 Å². The summed E-state index contributed by atoms with van der Waals surface area (Å²) in [6.45, 7) is 22.9. The number of benzene rings is 2. The first-order chi connectivity index (χ1) is 18.8. The molecule has 0 fully saturated rings. The Bertz CT molecular complexity index is 1080. The van der Waals surface area contributed by atoms with Gasteiger partial charge < -0.3 is 29.9 Å². The van der Waals surface area contributed by atoms with Crippen LogP contribution >= 0.6 is 0 Å². The normalized spacial score (nSPS) is 10.7. The lowest BCUT2D eigenvalue weighted by atomic mass is 9.83. The van der Waals surface area contributed by atoms with Gasteiger partial charge in [0, 0.05) is 12.8 Å². The van der Waals surface area contributed by atoms with Gasteiger partial charge in [-0.1, -0.05) is 90.1 Å². The van der Waals surface area contributed by atoms with Crippen molar-refractivity contribution in [1.82, 2.24) is 0 Å². The van der Waals surface area contributed by atoms with Gasteiger partial charge in [-0.2, -0.15) is 0 Å². The number of phenolic OH excluding ortho intramolecular Hbond substituents is 2. The SMILES string of the molecule is C=COCOC=C.Cc1cc(CCC(=O)O)c(O)c(C(C)(C)C)c1.Cc1cc(CCC(=O)O)c(O)c(C(C)(C)C)c1. The number of aryl methyl sites for hydroxylation is 4. The Morgan fingerprint density at radius 1 is 0.707 bits per heavy atom. The van der Waals surface area contributed by atoms with Crippen molar-refractivity contribution in [2.45, 2.75) is 91.9 Å². The molecule has 0 atom stereocenters. The number of rotatable bonds is 10. The number of hydrogen-bond acceptors (Lipinski definition) is 6. The zero-order chi connectivity index (χ0) is 32.0. The fourth-order valence-corrected chi connectivity index (χ4v) is 3.85. The van der Waals surface area contributed by atoms with Crippen molar-refractivity contribution < 1.29 is 39.5 Å². The lowest BCUT2D eigenvalue weighted by molar-refractivity contribution is -0.138. The van der Waals surface area contributed by atoms with Gasteiger partial charge >= 0.3 is 11.9 Å². The smallest absolute Gasteiger partial charge is 0.303 e. The Morgan fingerprint density at radius 3 is 1.27 bits per heavy atom. The van der Waals surface area contributed by atoms with Gasteiger partial charge in [-0.05, 0) is 59.8 Å². The van der Waals surface area contributed by atoms with Crippen LogP contribution in [0.5, 0.6) is 11.5 Å². The van der Waals surface area contributed by atoms with E-state index in [1.165, 1.54) is 12.5 Å². The molecule has 0 aliphatic heterocycles. The molecule has 0 heterocycles. The molecule has 0 unspecified atom stereocenters. The van der Waals surface area contributed by atoms with Gasteiger partial charge in [0.15, 0.2) is 0 Å². The molecular weight excluding hydrogens is 524 g/mol. The molecule has 0 radical (unpaired) electrons. The van der Waals surface area contributed by atoms with Gasteiger partial charge in [0.05, 0.1) is 12.5 Å². The largest absolute Gasteiger partial charge is 0.507 e. The van der Waals surface area contributed by atoms with E-state index >= 15 is 0 Å². The van der Waals surface area contributed by atoms with Crippen molar-refractivity contribution >= 4 is 11.9 Å². The molecule has 4 N–H and O–H groups in total. The third kappa shape index (κ3) is 14.3. The highest BCUT2D eigenvalue weighted by atomic mass is 16.7. The summed E-state index contributed by atoms with van der Waals surface area (Å²) in [7, 11) is 0. The van der Waals surface area contributed by atoms with Crippen molar-refractivity contribution in [1.29, 1.82) is 0 Å². The number of carboxylic acids is 2.